The third kappa shape index (κ3) is 2.03. The van der Waals surface area contributed by atoms with Crippen LogP contribution in [0.25, 0.3) is 0 Å². The number of carbonyl (C=O) groups is 1. The summed E-state index contributed by atoms with van der Waals surface area (Å²) in [5.41, 5.74) is 2.72. The smallest absolute Gasteiger partial charge is 0.233 e. The van der Waals surface area contributed by atoms with Gasteiger partial charge in [-0.1, -0.05) is 23.4 Å². The first-order chi connectivity index (χ1) is 9.08. The highest BCUT2D eigenvalue weighted by Crippen LogP contribution is 2.38. The summed E-state index contributed by atoms with van der Waals surface area (Å²) >= 11 is 0. The summed E-state index contributed by atoms with van der Waals surface area (Å²) in [4.78, 5) is 14.4. The Morgan fingerprint density at radius 2 is 2.16 bits per heavy atom. The molecule has 0 unspecified atom stereocenters. The molecule has 19 heavy (non-hydrogen) atoms. The minimum absolute atomic E-state index is 0.0591. The van der Waals surface area contributed by atoms with E-state index in [0.29, 0.717) is 5.69 Å². The van der Waals surface area contributed by atoms with Crippen LogP contribution in [0.3, 0.4) is 0 Å². The first-order valence-electron chi connectivity index (χ1n) is 6.38. The third-order valence-electron chi connectivity index (χ3n) is 3.53. The molecule has 3 rings (SSSR count). The summed E-state index contributed by atoms with van der Waals surface area (Å²) in [7, 11) is 0. The first kappa shape index (κ1) is 12.0. The molecule has 1 aliphatic heterocycles. The molecule has 98 valence electrons. The number of fused-ring (bicyclic) bond motifs is 1. The van der Waals surface area contributed by atoms with Crippen molar-refractivity contribution in [3.63, 3.8) is 0 Å². The summed E-state index contributed by atoms with van der Waals surface area (Å²) in [6, 6.07) is 9.80. The van der Waals surface area contributed by atoms with E-state index in [2.05, 4.69) is 25.1 Å². The molecule has 1 amide bonds. The fourth-order valence-electron chi connectivity index (χ4n) is 2.78. The van der Waals surface area contributed by atoms with Crippen LogP contribution in [0.2, 0.25) is 0 Å². The number of benzene rings is 1. The molecule has 1 aliphatic rings. The van der Waals surface area contributed by atoms with Gasteiger partial charge in [-0.3, -0.25) is 4.79 Å². The van der Waals surface area contributed by atoms with E-state index >= 15 is 0 Å². The van der Waals surface area contributed by atoms with Gasteiger partial charge in [-0.05, 0) is 31.9 Å². The Labute approximate surface area is 112 Å². The van der Waals surface area contributed by atoms with Gasteiger partial charge in [0.2, 0.25) is 5.91 Å². The maximum atomic E-state index is 12.5. The molecule has 2 aromatic rings. The fourth-order valence-corrected chi connectivity index (χ4v) is 2.78. The van der Waals surface area contributed by atoms with Gasteiger partial charge in [-0.25, -0.2) is 0 Å². The van der Waals surface area contributed by atoms with Gasteiger partial charge in [0.25, 0.3) is 0 Å². The molecule has 0 bridgehead atoms. The highest BCUT2D eigenvalue weighted by molar-refractivity contribution is 5.98. The largest absolute Gasteiger partial charge is 0.364 e. The van der Waals surface area contributed by atoms with Gasteiger partial charge in [0, 0.05) is 17.3 Å². The Balaban J connectivity index is 1.92. The van der Waals surface area contributed by atoms with Crippen molar-refractivity contribution in [1.82, 2.24) is 5.16 Å². The van der Waals surface area contributed by atoms with Gasteiger partial charge in [-0.15, -0.1) is 0 Å². The minimum Gasteiger partial charge on any atom is -0.364 e. The number of anilines is 1. The second-order valence-electron chi connectivity index (χ2n) is 5.51. The van der Waals surface area contributed by atoms with Crippen molar-refractivity contribution in [3.8, 4) is 0 Å². The molecular formula is C15H16N2O2. The Bertz CT molecular complexity index is 602. The van der Waals surface area contributed by atoms with Crippen molar-refractivity contribution in [1.29, 1.82) is 0 Å². The van der Waals surface area contributed by atoms with E-state index < -0.39 is 0 Å². The molecule has 0 saturated heterocycles. The van der Waals surface area contributed by atoms with Crippen LogP contribution in [0.1, 0.15) is 25.1 Å². The molecule has 4 nitrogen and oxygen atoms in total. The SMILES string of the molecule is CC1(C)Cc2ccccc2N1C(=O)Cc1ccon1. The molecule has 0 N–H and O–H groups in total. The number of carbonyl (C=O) groups excluding carboxylic acids is 1. The van der Waals surface area contributed by atoms with E-state index in [0.717, 1.165) is 12.1 Å². The van der Waals surface area contributed by atoms with Crippen molar-refractivity contribution in [2.24, 2.45) is 0 Å². The minimum atomic E-state index is -0.190. The molecule has 0 aliphatic carbocycles. The maximum absolute atomic E-state index is 12.5. The fraction of sp³-hybridized carbons (Fsp3) is 0.333. The average Bonchev–Trinajstić information content (AvgIpc) is 2.92. The summed E-state index contributed by atoms with van der Waals surface area (Å²) in [6.45, 7) is 4.18. The molecule has 0 saturated carbocycles. The van der Waals surface area contributed by atoms with Crippen molar-refractivity contribution >= 4 is 11.6 Å². The van der Waals surface area contributed by atoms with E-state index in [1.807, 2.05) is 23.1 Å². The van der Waals surface area contributed by atoms with Crippen LogP contribution in [0.5, 0.6) is 0 Å². The van der Waals surface area contributed by atoms with Crippen LogP contribution in [-0.2, 0) is 17.6 Å². The molecule has 0 spiro atoms. The quantitative estimate of drug-likeness (QED) is 0.829. The number of nitrogens with zero attached hydrogens (tertiary/aromatic N) is 2. The number of aromatic nitrogens is 1. The van der Waals surface area contributed by atoms with Crippen LogP contribution in [0.15, 0.2) is 41.1 Å². The molecule has 0 radical (unpaired) electrons. The standard InChI is InChI=1S/C15H16N2O2/c1-15(2)10-11-5-3-4-6-13(11)17(15)14(18)9-12-7-8-19-16-12/h3-8H,9-10H2,1-2H3. The lowest BCUT2D eigenvalue weighted by atomic mass is 9.99. The summed E-state index contributed by atoms with van der Waals surface area (Å²) in [6.07, 6.45) is 2.65. The molecular weight excluding hydrogens is 240 g/mol. The van der Waals surface area contributed by atoms with Crippen LogP contribution in [-0.4, -0.2) is 16.6 Å². The normalized spacial score (nSPS) is 16.4. The lowest BCUT2D eigenvalue weighted by Crippen LogP contribution is -2.46. The van der Waals surface area contributed by atoms with E-state index in [1.54, 1.807) is 6.07 Å². The molecule has 1 aromatic carbocycles. The molecule has 4 heteroatoms. The van der Waals surface area contributed by atoms with Crippen molar-refractivity contribution in [2.75, 3.05) is 4.90 Å². The molecule has 0 fully saturated rings. The van der Waals surface area contributed by atoms with Crippen molar-refractivity contribution in [3.05, 3.63) is 47.9 Å². The molecule has 0 atom stereocenters. The Morgan fingerprint density at radius 3 is 2.89 bits per heavy atom. The third-order valence-corrected chi connectivity index (χ3v) is 3.53. The second kappa shape index (κ2) is 4.23. The predicted molar refractivity (Wildman–Crippen MR) is 71.9 cm³/mol. The number of hydrogen-bond donors (Lipinski definition) is 0. The highest BCUT2D eigenvalue weighted by Gasteiger charge is 2.39. The Morgan fingerprint density at radius 1 is 1.37 bits per heavy atom. The first-order valence-corrected chi connectivity index (χ1v) is 6.38. The average molecular weight is 256 g/mol. The summed E-state index contributed by atoms with van der Waals surface area (Å²) in [5.74, 6) is 0.0591. The number of para-hydroxylation sites is 1. The number of rotatable bonds is 2. The van der Waals surface area contributed by atoms with Gasteiger partial charge in [0.15, 0.2) is 0 Å². The van der Waals surface area contributed by atoms with Crippen LogP contribution in [0, 0.1) is 0 Å². The van der Waals surface area contributed by atoms with Gasteiger partial charge >= 0.3 is 0 Å². The topological polar surface area (TPSA) is 46.3 Å². The number of amides is 1. The zero-order chi connectivity index (χ0) is 13.5. The zero-order valence-electron chi connectivity index (χ0n) is 11.1. The Hall–Kier alpha value is -2.10. The maximum Gasteiger partial charge on any atom is 0.233 e. The van der Waals surface area contributed by atoms with E-state index in [4.69, 9.17) is 4.52 Å². The zero-order valence-corrected chi connectivity index (χ0v) is 11.1. The van der Waals surface area contributed by atoms with Gasteiger partial charge in [-0.2, -0.15) is 0 Å². The summed E-state index contributed by atoms with van der Waals surface area (Å²) < 4.78 is 4.78. The van der Waals surface area contributed by atoms with Crippen LogP contribution in [0.4, 0.5) is 5.69 Å². The Kier molecular flexibility index (Phi) is 2.66. The predicted octanol–water partition coefficient (Wildman–Crippen LogP) is 2.59. The van der Waals surface area contributed by atoms with Crippen molar-refractivity contribution in [2.45, 2.75) is 32.2 Å². The van der Waals surface area contributed by atoms with Gasteiger partial charge in [0.1, 0.15) is 6.26 Å². The van der Waals surface area contributed by atoms with E-state index in [-0.39, 0.29) is 17.9 Å². The van der Waals surface area contributed by atoms with Gasteiger partial charge < -0.3 is 9.42 Å². The van der Waals surface area contributed by atoms with Crippen LogP contribution >= 0.6 is 0 Å². The van der Waals surface area contributed by atoms with E-state index in [1.165, 1.54) is 11.8 Å². The second-order valence-corrected chi connectivity index (χ2v) is 5.51. The monoisotopic (exact) mass is 256 g/mol. The highest BCUT2D eigenvalue weighted by atomic mass is 16.5. The lowest BCUT2D eigenvalue weighted by molar-refractivity contribution is -0.118. The van der Waals surface area contributed by atoms with Crippen molar-refractivity contribution < 1.29 is 9.32 Å². The lowest BCUT2D eigenvalue weighted by Gasteiger charge is -2.32. The van der Waals surface area contributed by atoms with E-state index in [9.17, 15) is 4.79 Å². The van der Waals surface area contributed by atoms with Crippen LogP contribution < -0.4 is 4.90 Å². The molecule has 2 heterocycles. The summed E-state index contributed by atoms with van der Waals surface area (Å²) in [5, 5.41) is 3.81. The molecule has 1 aromatic heterocycles. The van der Waals surface area contributed by atoms with Gasteiger partial charge in [0.05, 0.1) is 12.1 Å². The number of hydrogen-bond acceptors (Lipinski definition) is 3.